The van der Waals surface area contributed by atoms with E-state index < -0.39 is 24.4 Å². The van der Waals surface area contributed by atoms with Gasteiger partial charge in [0, 0.05) is 5.92 Å². The summed E-state index contributed by atoms with van der Waals surface area (Å²) < 4.78 is 9.34. The van der Waals surface area contributed by atoms with Crippen LogP contribution < -0.4 is 5.32 Å². The van der Waals surface area contributed by atoms with E-state index in [9.17, 15) is 19.5 Å². The maximum atomic E-state index is 12.0. The van der Waals surface area contributed by atoms with Crippen molar-refractivity contribution in [3.63, 3.8) is 0 Å². The van der Waals surface area contributed by atoms with Gasteiger partial charge in [-0.15, -0.1) is 0 Å². The van der Waals surface area contributed by atoms with E-state index in [1.807, 2.05) is 53.8 Å². The lowest BCUT2D eigenvalue weighted by atomic mass is 9.98. The molecule has 3 rings (SSSR count). The minimum Gasteiger partial charge on any atom is -0.480 e. The molecule has 1 aliphatic carbocycles. The van der Waals surface area contributed by atoms with E-state index in [1.165, 1.54) is 0 Å². The largest absolute Gasteiger partial charge is 0.480 e. The molecule has 0 bridgehead atoms. The predicted molar refractivity (Wildman–Crippen MR) is 92.8 cm³/mol. The van der Waals surface area contributed by atoms with Crippen molar-refractivity contribution in [3.05, 3.63) is 59.7 Å². The van der Waals surface area contributed by atoms with Gasteiger partial charge in [-0.2, -0.15) is 0 Å². The van der Waals surface area contributed by atoms with Gasteiger partial charge in [0.15, 0.2) is 6.04 Å². The number of benzene rings is 2. The smallest absolute Gasteiger partial charge is 0.408 e. The number of amides is 1. The third-order valence-electron chi connectivity index (χ3n) is 4.36. The first kappa shape index (κ1) is 18.4. The molecule has 8 heteroatoms. The zero-order valence-corrected chi connectivity index (χ0v) is 14.1. The van der Waals surface area contributed by atoms with Gasteiger partial charge in [-0.25, -0.2) is 9.59 Å². The number of aliphatic hydroxyl groups excluding tert-OH is 1. The summed E-state index contributed by atoms with van der Waals surface area (Å²) >= 11 is 0. The van der Waals surface area contributed by atoms with Crippen molar-refractivity contribution < 1.29 is 34.1 Å². The lowest BCUT2D eigenvalue weighted by Gasteiger charge is -2.19. The van der Waals surface area contributed by atoms with E-state index >= 15 is 0 Å². The van der Waals surface area contributed by atoms with Crippen molar-refractivity contribution in [2.45, 2.75) is 18.2 Å². The number of aliphatic carboxylic acids is 1. The molecule has 1 amide bonds. The molecule has 2 aromatic rings. The standard InChI is InChI=1S/C19H17NO7/c21-10-27-18(24)16(17(22)23)20-19(25)26-9-15-13-7-3-1-5-11(13)12-6-2-4-8-14(12)15/h1-8,10,15-16,18,24H,9H2,(H,20,25)(H,22,23). The monoisotopic (exact) mass is 371 g/mol. The Hall–Kier alpha value is -3.39. The van der Waals surface area contributed by atoms with Gasteiger partial charge in [-0.1, -0.05) is 48.5 Å². The zero-order chi connectivity index (χ0) is 19.4. The van der Waals surface area contributed by atoms with Crippen molar-refractivity contribution in [1.29, 1.82) is 0 Å². The van der Waals surface area contributed by atoms with Crippen LogP contribution in [-0.4, -0.2) is 47.7 Å². The fraction of sp³-hybridized carbons (Fsp3) is 0.211. The summed E-state index contributed by atoms with van der Waals surface area (Å²) in [6.07, 6.45) is -3.07. The van der Waals surface area contributed by atoms with Crippen LogP contribution in [0.3, 0.4) is 0 Å². The van der Waals surface area contributed by atoms with Gasteiger partial charge in [0.05, 0.1) is 0 Å². The van der Waals surface area contributed by atoms with E-state index in [0.29, 0.717) is 0 Å². The molecule has 0 heterocycles. The van der Waals surface area contributed by atoms with Crippen LogP contribution in [0, 0.1) is 0 Å². The third kappa shape index (κ3) is 3.75. The number of hydrogen-bond donors (Lipinski definition) is 3. The summed E-state index contributed by atoms with van der Waals surface area (Å²) in [5.41, 5.74) is 4.12. The van der Waals surface area contributed by atoms with Gasteiger partial charge in [0.25, 0.3) is 6.47 Å². The lowest BCUT2D eigenvalue weighted by molar-refractivity contribution is -0.166. The number of carbonyl (C=O) groups excluding carboxylic acids is 2. The van der Waals surface area contributed by atoms with E-state index in [2.05, 4.69) is 4.74 Å². The van der Waals surface area contributed by atoms with Crippen LogP contribution in [0.2, 0.25) is 0 Å². The summed E-state index contributed by atoms with van der Waals surface area (Å²) in [4.78, 5) is 33.4. The molecule has 8 nitrogen and oxygen atoms in total. The normalized spacial score (nSPS) is 14.4. The van der Waals surface area contributed by atoms with Gasteiger partial charge < -0.3 is 25.0 Å². The molecule has 140 valence electrons. The summed E-state index contributed by atoms with van der Waals surface area (Å²) in [5.74, 6) is -1.76. The molecule has 2 aromatic carbocycles. The van der Waals surface area contributed by atoms with Crippen LogP contribution in [0.4, 0.5) is 4.79 Å². The van der Waals surface area contributed by atoms with Crippen molar-refractivity contribution >= 4 is 18.5 Å². The fourth-order valence-electron chi connectivity index (χ4n) is 3.16. The highest BCUT2D eigenvalue weighted by Crippen LogP contribution is 2.44. The van der Waals surface area contributed by atoms with Crippen molar-refractivity contribution in [3.8, 4) is 11.1 Å². The third-order valence-corrected chi connectivity index (χ3v) is 4.36. The van der Waals surface area contributed by atoms with E-state index in [-0.39, 0.29) is 19.0 Å². The van der Waals surface area contributed by atoms with E-state index in [4.69, 9.17) is 9.84 Å². The van der Waals surface area contributed by atoms with Crippen molar-refractivity contribution in [2.75, 3.05) is 6.61 Å². The van der Waals surface area contributed by atoms with E-state index in [1.54, 1.807) is 0 Å². The van der Waals surface area contributed by atoms with Crippen molar-refractivity contribution in [1.82, 2.24) is 5.32 Å². The first-order valence-electron chi connectivity index (χ1n) is 8.14. The molecule has 0 radical (unpaired) electrons. The molecule has 0 fully saturated rings. The Morgan fingerprint density at radius 1 is 1.07 bits per heavy atom. The van der Waals surface area contributed by atoms with E-state index in [0.717, 1.165) is 22.3 Å². The molecule has 0 saturated carbocycles. The molecular weight excluding hydrogens is 354 g/mol. The van der Waals surface area contributed by atoms with Crippen LogP contribution in [0.25, 0.3) is 11.1 Å². The maximum Gasteiger partial charge on any atom is 0.408 e. The molecule has 2 unspecified atom stereocenters. The molecule has 1 aliphatic rings. The molecule has 0 aromatic heterocycles. The average molecular weight is 371 g/mol. The first-order valence-corrected chi connectivity index (χ1v) is 8.14. The minimum atomic E-state index is -2.03. The van der Waals surface area contributed by atoms with Gasteiger partial charge >= 0.3 is 12.1 Å². The average Bonchev–Trinajstić information content (AvgIpc) is 2.98. The minimum absolute atomic E-state index is 0.0170. The highest BCUT2D eigenvalue weighted by molar-refractivity contribution is 5.81. The topological polar surface area (TPSA) is 122 Å². The van der Waals surface area contributed by atoms with Crippen LogP contribution in [-0.2, 0) is 19.1 Å². The number of carbonyl (C=O) groups is 3. The number of hydrogen-bond acceptors (Lipinski definition) is 6. The second-order valence-corrected chi connectivity index (χ2v) is 5.91. The number of rotatable bonds is 7. The second-order valence-electron chi connectivity index (χ2n) is 5.91. The number of carboxylic acids is 1. The highest BCUT2D eigenvalue weighted by atomic mass is 16.6. The number of nitrogens with one attached hydrogen (secondary N) is 1. The Morgan fingerprint density at radius 2 is 1.63 bits per heavy atom. The summed E-state index contributed by atoms with van der Waals surface area (Å²) in [6.45, 7) is -0.128. The van der Waals surface area contributed by atoms with Crippen LogP contribution >= 0.6 is 0 Å². The Morgan fingerprint density at radius 3 is 2.15 bits per heavy atom. The Bertz CT molecular complexity index is 821. The predicted octanol–water partition coefficient (Wildman–Crippen LogP) is 1.47. The molecule has 27 heavy (non-hydrogen) atoms. The fourth-order valence-corrected chi connectivity index (χ4v) is 3.16. The van der Waals surface area contributed by atoms with Crippen molar-refractivity contribution in [2.24, 2.45) is 0 Å². The Kier molecular flexibility index (Phi) is 5.37. The zero-order valence-electron chi connectivity index (χ0n) is 14.1. The SMILES string of the molecule is O=COC(O)C(NC(=O)OCC1c2ccccc2-c2ccccc21)C(=O)O. The second kappa shape index (κ2) is 7.88. The molecular formula is C19H17NO7. The van der Waals surface area contributed by atoms with Gasteiger partial charge in [-0.3, -0.25) is 4.79 Å². The summed E-state index contributed by atoms with van der Waals surface area (Å²) in [6, 6.07) is 13.7. The number of carboxylic acid groups (broad SMARTS) is 1. The van der Waals surface area contributed by atoms with Gasteiger partial charge in [0.2, 0.25) is 6.29 Å². The van der Waals surface area contributed by atoms with Crippen LogP contribution in [0.5, 0.6) is 0 Å². The molecule has 3 N–H and O–H groups in total. The first-order chi connectivity index (χ1) is 13.0. The van der Waals surface area contributed by atoms with Gasteiger partial charge in [0.1, 0.15) is 6.61 Å². The summed E-state index contributed by atoms with van der Waals surface area (Å²) in [7, 11) is 0. The highest BCUT2D eigenvalue weighted by Gasteiger charge is 2.32. The Balaban J connectivity index is 1.70. The summed E-state index contributed by atoms with van der Waals surface area (Å²) in [5, 5.41) is 20.5. The number of alkyl carbamates (subject to hydrolysis) is 1. The number of ether oxygens (including phenoxy) is 2. The van der Waals surface area contributed by atoms with Crippen LogP contribution in [0.15, 0.2) is 48.5 Å². The number of aliphatic hydroxyl groups is 1. The maximum absolute atomic E-state index is 12.0. The Labute approximate surface area is 154 Å². The van der Waals surface area contributed by atoms with Gasteiger partial charge in [-0.05, 0) is 22.3 Å². The molecule has 0 spiro atoms. The molecule has 0 aliphatic heterocycles. The van der Waals surface area contributed by atoms with Crippen LogP contribution in [0.1, 0.15) is 17.0 Å². The molecule has 2 atom stereocenters. The quantitative estimate of drug-likeness (QED) is 0.497. The molecule has 0 saturated heterocycles. The lowest BCUT2D eigenvalue weighted by Crippen LogP contribution is -2.50. The number of fused-ring (bicyclic) bond motifs is 3.